The van der Waals surface area contributed by atoms with Crippen molar-refractivity contribution in [2.75, 3.05) is 0 Å². The Balaban J connectivity index is 2.22. The lowest BCUT2D eigenvalue weighted by Gasteiger charge is -2.05. The Bertz CT molecular complexity index is 826. The molecule has 3 rings (SSSR count). The SMILES string of the molecule is Cc1ccc(-n2nc(C3CC3)c(S(=O)(=O)Cl)c2Cl)cc1Cl. The second-order valence-electron chi connectivity index (χ2n) is 5.06. The molecule has 21 heavy (non-hydrogen) atoms. The Morgan fingerprint density at radius 2 is 1.95 bits per heavy atom. The van der Waals surface area contributed by atoms with E-state index in [0.29, 0.717) is 16.4 Å². The van der Waals surface area contributed by atoms with Crippen LogP contribution in [-0.2, 0) is 9.05 Å². The number of hydrogen-bond donors (Lipinski definition) is 0. The van der Waals surface area contributed by atoms with Crippen LogP contribution in [0, 0.1) is 6.92 Å². The molecule has 0 amide bonds. The molecule has 1 aliphatic carbocycles. The molecular weight excluding hydrogens is 355 g/mol. The van der Waals surface area contributed by atoms with Crippen LogP contribution >= 0.6 is 33.9 Å². The van der Waals surface area contributed by atoms with Gasteiger partial charge in [0.05, 0.1) is 11.4 Å². The molecule has 0 unspecified atom stereocenters. The zero-order valence-electron chi connectivity index (χ0n) is 11.0. The van der Waals surface area contributed by atoms with E-state index in [1.54, 1.807) is 12.1 Å². The molecule has 1 fully saturated rings. The third kappa shape index (κ3) is 2.80. The number of rotatable bonds is 3. The van der Waals surface area contributed by atoms with Crippen LogP contribution < -0.4 is 0 Å². The molecule has 0 bridgehead atoms. The zero-order chi connectivity index (χ0) is 15.4. The highest BCUT2D eigenvalue weighted by atomic mass is 35.7. The van der Waals surface area contributed by atoms with E-state index in [-0.39, 0.29) is 16.0 Å². The molecular formula is C13H11Cl3N2O2S. The predicted octanol–water partition coefficient (Wildman–Crippen LogP) is 4.29. The summed E-state index contributed by atoms with van der Waals surface area (Å²) in [5, 5.41) is 4.89. The van der Waals surface area contributed by atoms with Crippen LogP contribution in [0.4, 0.5) is 0 Å². The summed E-state index contributed by atoms with van der Waals surface area (Å²) < 4.78 is 24.9. The fourth-order valence-electron chi connectivity index (χ4n) is 2.13. The van der Waals surface area contributed by atoms with E-state index in [4.69, 9.17) is 33.9 Å². The minimum atomic E-state index is -3.95. The third-order valence-electron chi connectivity index (χ3n) is 3.42. The minimum Gasteiger partial charge on any atom is -0.220 e. The molecule has 1 aliphatic rings. The van der Waals surface area contributed by atoms with E-state index >= 15 is 0 Å². The highest BCUT2D eigenvalue weighted by Gasteiger charge is 2.36. The highest BCUT2D eigenvalue weighted by molar-refractivity contribution is 8.13. The lowest BCUT2D eigenvalue weighted by atomic mass is 10.2. The summed E-state index contributed by atoms with van der Waals surface area (Å²) in [5.74, 6) is 0.105. The van der Waals surface area contributed by atoms with Gasteiger partial charge in [0.1, 0.15) is 4.90 Å². The van der Waals surface area contributed by atoms with Gasteiger partial charge in [-0.3, -0.25) is 0 Å². The first kappa shape index (κ1) is 15.2. The van der Waals surface area contributed by atoms with Gasteiger partial charge in [0.2, 0.25) is 0 Å². The van der Waals surface area contributed by atoms with Gasteiger partial charge in [-0.15, -0.1) is 0 Å². The third-order valence-corrected chi connectivity index (χ3v) is 5.64. The first-order chi connectivity index (χ1) is 9.79. The molecule has 8 heteroatoms. The summed E-state index contributed by atoms with van der Waals surface area (Å²) in [7, 11) is 1.56. The number of nitrogens with zero attached hydrogens (tertiary/aromatic N) is 2. The first-order valence-corrected chi connectivity index (χ1v) is 9.35. The van der Waals surface area contributed by atoms with Crippen molar-refractivity contribution in [3.05, 3.63) is 39.6 Å². The average Bonchev–Trinajstić information content (AvgIpc) is 3.15. The summed E-state index contributed by atoms with van der Waals surface area (Å²) in [6, 6.07) is 5.29. The number of aryl methyl sites for hydroxylation is 1. The van der Waals surface area contributed by atoms with Crippen molar-refractivity contribution in [3.63, 3.8) is 0 Å². The van der Waals surface area contributed by atoms with Crippen LogP contribution in [0.1, 0.15) is 30.0 Å². The summed E-state index contributed by atoms with van der Waals surface area (Å²) in [6.45, 7) is 1.88. The van der Waals surface area contributed by atoms with E-state index in [1.807, 2.05) is 13.0 Å². The Labute approximate surface area is 137 Å². The van der Waals surface area contributed by atoms with Gasteiger partial charge in [0.15, 0.2) is 5.15 Å². The molecule has 0 atom stereocenters. The monoisotopic (exact) mass is 364 g/mol. The van der Waals surface area contributed by atoms with E-state index in [0.717, 1.165) is 18.4 Å². The molecule has 2 aromatic rings. The van der Waals surface area contributed by atoms with E-state index in [2.05, 4.69) is 5.10 Å². The minimum absolute atomic E-state index is 0.00757. The molecule has 1 heterocycles. The fourth-order valence-corrected chi connectivity index (χ4v) is 4.16. The zero-order valence-corrected chi connectivity index (χ0v) is 14.1. The molecule has 112 valence electrons. The van der Waals surface area contributed by atoms with E-state index in [1.165, 1.54) is 4.68 Å². The van der Waals surface area contributed by atoms with Crippen LogP contribution in [0.2, 0.25) is 10.2 Å². The molecule has 1 aromatic carbocycles. The summed E-state index contributed by atoms with van der Waals surface area (Å²) in [6.07, 6.45) is 1.78. The fraction of sp³-hybridized carbons (Fsp3) is 0.308. The summed E-state index contributed by atoms with van der Waals surface area (Å²) in [4.78, 5) is -0.0926. The lowest BCUT2D eigenvalue weighted by Crippen LogP contribution is -1.98. The predicted molar refractivity (Wildman–Crippen MR) is 83.3 cm³/mol. The Kier molecular flexibility index (Phi) is 3.72. The van der Waals surface area contributed by atoms with Gasteiger partial charge in [-0.1, -0.05) is 29.3 Å². The van der Waals surface area contributed by atoms with Crippen molar-refractivity contribution in [2.45, 2.75) is 30.6 Å². The number of aromatic nitrogens is 2. The highest BCUT2D eigenvalue weighted by Crippen LogP contribution is 2.45. The standard InChI is InChI=1S/C13H11Cl3N2O2S/c1-7-2-5-9(6-10(7)14)18-13(15)12(21(16,19)20)11(17-18)8-3-4-8/h2,5-6,8H,3-4H2,1H3. The first-order valence-electron chi connectivity index (χ1n) is 6.28. The van der Waals surface area contributed by atoms with Crippen LogP contribution in [0.3, 0.4) is 0 Å². The number of benzene rings is 1. The van der Waals surface area contributed by atoms with Crippen LogP contribution in [0.25, 0.3) is 5.69 Å². The Morgan fingerprint density at radius 1 is 1.29 bits per heavy atom. The molecule has 0 N–H and O–H groups in total. The normalized spacial score (nSPS) is 15.4. The molecule has 0 saturated heterocycles. The van der Waals surface area contributed by atoms with Crippen molar-refractivity contribution in [1.82, 2.24) is 9.78 Å². The van der Waals surface area contributed by atoms with Gasteiger partial charge in [-0.25, -0.2) is 13.1 Å². The van der Waals surface area contributed by atoms with Gasteiger partial charge in [-0.2, -0.15) is 5.10 Å². The molecule has 0 spiro atoms. The van der Waals surface area contributed by atoms with E-state index < -0.39 is 9.05 Å². The Morgan fingerprint density at radius 3 is 2.48 bits per heavy atom. The number of halogens is 3. The molecule has 1 aromatic heterocycles. The average molecular weight is 366 g/mol. The van der Waals surface area contributed by atoms with Crippen molar-refractivity contribution >= 4 is 42.9 Å². The molecule has 1 saturated carbocycles. The smallest absolute Gasteiger partial charge is 0.220 e. The van der Waals surface area contributed by atoms with Crippen LogP contribution in [-0.4, -0.2) is 18.2 Å². The van der Waals surface area contributed by atoms with Crippen LogP contribution in [0.15, 0.2) is 23.1 Å². The van der Waals surface area contributed by atoms with Gasteiger partial charge < -0.3 is 0 Å². The second-order valence-corrected chi connectivity index (χ2v) is 8.33. The molecule has 0 radical (unpaired) electrons. The maximum atomic E-state index is 11.8. The maximum Gasteiger partial charge on any atom is 0.266 e. The van der Waals surface area contributed by atoms with Crippen LogP contribution in [0.5, 0.6) is 0 Å². The van der Waals surface area contributed by atoms with Gasteiger partial charge in [0, 0.05) is 21.6 Å². The summed E-state index contributed by atoms with van der Waals surface area (Å²) >= 11 is 12.3. The van der Waals surface area contributed by atoms with Crippen molar-refractivity contribution in [1.29, 1.82) is 0 Å². The quantitative estimate of drug-likeness (QED) is 0.762. The van der Waals surface area contributed by atoms with Crippen molar-refractivity contribution < 1.29 is 8.42 Å². The molecule has 0 aliphatic heterocycles. The number of hydrogen-bond acceptors (Lipinski definition) is 3. The van der Waals surface area contributed by atoms with Gasteiger partial charge in [-0.05, 0) is 37.5 Å². The van der Waals surface area contributed by atoms with E-state index in [9.17, 15) is 8.42 Å². The van der Waals surface area contributed by atoms with Crippen molar-refractivity contribution in [2.24, 2.45) is 0 Å². The second kappa shape index (κ2) is 5.16. The Hall–Kier alpha value is -0.750. The lowest BCUT2D eigenvalue weighted by molar-refractivity contribution is 0.608. The van der Waals surface area contributed by atoms with Gasteiger partial charge in [0.25, 0.3) is 9.05 Å². The maximum absolute atomic E-state index is 11.8. The summed E-state index contributed by atoms with van der Waals surface area (Å²) in [5.41, 5.74) is 1.95. The molecule has 4 nitrogen and oxygen atoms in total. The largest absolute Gasteiger partial charge is 0.266 e. The van der Waals surface area contributed by atoms with Crippen molar-refractivity contribution in [3.8, 4) is 5.69 Å². The topological polar surface area (TPSA) is 52.0 Å². The van der Waals surface area contributed by atoms with Gasteiger partial charge >= 0.3 is 0 Å².